The van der Waals surface area contributed by atoms with Gasteiger partial charge in [-0.2, -0.15) is 0 Å². The second kappa shape index (κ2) is 9.02. The first kappa shape index (κ1) is 20.1. The number of hydrogen-bond acceptors (Lipinski definition) is 4. The maximum atomic E-state index is 13.3. The van der Waals surface area contributed by atoms with Crippen LogP contribution in [0.25, 0.3) is 6.08 Å². The molecule has 0 unspecified atom stereocenters. The Morgan fingerprint density at radius 1 is 1.36 bits per heavy atom. The Morgan fingerprint density at radius 3 is 2.79 bits per heavy atom. The van der Waals surface area contributed by atoms with E-state index in [1.165, 1.54) is 0 Å². The van der Waals surface area contributed by atoms with Gasteiger partial charge >= 0.3 is 0 Å². The average molecular weight is 380 g/mol. The number of aromatic nitrogens is 1. The van der Waals surface area contributed by atoms with E-state index in [1.54, 1.807) is 4.90 Å². The van der Waals surface area contributed by atoms with Crippen molar-refractivity contribution in [1.82, 2.24) is 9.88 Å². The van der Waals surface area contributed by atoms with Crippen molar-refractivity contribution in [2.45, 2.75) is 33.4 Å². The number of pyridine rings is 1. The molecule has 28 heavy (non-hydrogen) atoms. The number of carbonyl (C=O) groups excluding carboxylic acids is 1. The van der Waals surface area contributed by atoms with Crippen LogP contribution in [-0.2, 0) is 11.3 Å². The van der Waals surface area contributed by atoms with E-state index in [2.05, 4.69) is 11.8 Å². The minimum absolute atomic E-state index is 0.00427. The monoisotopic (exact) mass is 379 g/mol. The lowest BCUT2D eigenvalue weighted by atomic mass is 10.0. The quantitative estimate of drug-likeness (QED) is 0.790. The lowest BCUT2D eigenvalue weighted by Gasteiger charge is -2.35. The molecule has 0 saturated carbocycles. The zero-order valence-electron chi connectivity index (χ0n) is 17.2. The summed E-state index contributed by atoms with van der Waals surface area (Å²) in [7, 11) is 1.85. The van der Waals surface area contributed by atoms with Gasteiger partial charge in [-0.25, -0.2) is 4.98 Å². The van der Waals surface area contributed by atoms with Crippen LogP contribution >= 0.6 is 0 Å². The number of anilines is 1. The fraction of sp³-hybridized carbons (Fsp3) is 0.391. The molecule has 5 nitrogen and oxygen atoms in total. The van der Waals surface area contributed by atoms with Crippen LogP contribution in [0.15, 0.2) is 42.5 Å². The number of nitrogens with zero attached hydrogens (tertiary/aromatic N) is 3. The van der Waals surface area contributed by atoms with Gasteiger partial charge in [0.25, 0.3) is 5.91 Å². The van der Waals surface area contributed by atoms with Gasteiger partial charge < -0.3 is 14.5 Å². The first-order valence-electron chi connectivity index (χ1n) is 9.79. The highest BCUT2D eigenvalue weighted by atomic mass is 16.5. The van der Waals surface area contributed by atoms with E-state index in [4.69, 9.17) is 9.72 Å². The molecule has 0 N–H and O–H groups in total. The smallest absolute Gasteiger partial charge is 0.254 e. The minimum atomic E-state index is 0.00427. The van der Waals surface area contributed by atoms with Gasteiger partial charge in [0.2, 0.25) is 0 Å². The highest BCUT2D eigenvalue weighted by Gasteiger charge is 2.24. The number of amides is 1. The van der Waals surface area contributed by atoms with Gasteiger partial charge in [0.15, 0.2) is 0 Å². The van der Waals surface area contributed by atoms with E-state index in [1.807, 2.05) is 69.4 Å². The summed E-state index contributed by atoms with van der Waals surface area (Å²) in [6.45, 7) is 8.76. The molecule has 1 aromatic heterocycles. The van der Waals surface area contributed by atoms with Crippen LogP contribution in [0.5, 0.6) is 0 Å². The molecular weight excluding hydrogens is 350 g/mol. The third kappa shape index (κ3) is 4.42. The molecule has 1 atom stereocenters. The lowest BCUT2D eigenvalue weighted by Crippen LogP contribution is -2.44. The first-order valence-corrected chi connectivity index (χ1v) is 9.79. The van der Waals surface area contributed by atoms with E-state index in [0.29, 0.717) is 25.3 Å². The highest BCUT2D eigenvalue weighted by Crippen LogP contribution is 2.25. The Morgan fingerprint density at radius 2 is 2.11 bits per heavy atom. The molecule has 1 amide bonds. The van der Waals surface area contributed by atoms with Gasteiger partial charge in [-0.1, -0.05) is 42.5 Å². The van der Waals surface area contributed by atoms with Crippen molar-refractivity contribution < 1.29 is 9.53 Å². The molecule has 0 bridgehead atoms. The van der Waals surface area contributed by atoms with E-state index in [0.717, 1.165) is 29.2 Å². The van der Waals surface area contributed by atoms with E-state index in [-0.39, 0.29) is 11.9 Å². The predicted molar refractivity (Wildman–Crippen MR) is 114 cm³/mol. The molecular formula is C23H29N3O2. The number of ether oxygens (including phenoxy) is 1. The second-order valence-corrected chi connectivity index (χ2v) is 7.29. The number of aryl methyl sites for hydroxylation is 1. The summed E-state index contributed by atoms with van der Waals surface area (Å²) in [5.74, 6) is 0.850. The number of allylic oxidation sites excluding steroid dienone is 1. The van der Waals surface area contributed by atoms with Crippen LogP contribution < -0.4 is 4.90 Å². The second-order valence-electron chi connectivity index (χ2n) is 7.29. The van der Waals surface area contributed by atoms with Crippen LogP contribution in [0.3, 0.4) is 0 Å². The lowest BCUT2D eigenvalue weighted by molar-refractivity contribution is 0.0784. The van der Waals surface area contributed by atoms with Crippen LogP contribution in [0.4, 0.5) is 5.82 Å². The number of hydrogen-bond donors (Lipinski definition) is 0. The molecule has 1 aliphatic rings. The molecule has 0 radical (unpaired) electrons. The van der Waals surface area contributed by atoms with Gasteiger partial charge in [-0.05, 0) is 32.4 Å². The topological polar surface area (TPSA) is 45.7 Å². The Bertz CT molecular complexity index is 848. The molecule has 1 fully saturated rings. The normalized spacial score (nSPS) is 17.1. The zero-order valence-corrected chi connectivity index (χ0v) is 17.2. The summed E-state index contributed by atoms with van der Waals surface area (Å²) in [5, 5.41) is 0. The third-order valence-electron chi connectivity index (χ3n) is 5.07. The first-order chi connectivity index (χ1) is 13.5. The fourth-order valence-electron chi connectivity index (χ4n) is 3.57. The molecule has 0 spiro atoms. The largest absolute Gasteiger partial charge is 0.377 e. The summed E-state index contributed by atoms with van der Waals surface area (Å²) in [6, 6.07) is 12.2. The number of benzene rings is 1. The molecule has 1 aromatic carbocycles. The Balaban J connectivity index is 1.95. The maximum Gasteiger partial charge on any atom is 0.254 e. The van der Waals surface area contributed by atoms with Gasteiger partial charge in [0, 0.05) is 31.4 Å². The summed E-state index contributed by atoms with van der Waals surface area (Å²) in [6.07, 6.45) is 3.92. The van der Waals surface area contributed by atoms with Crippen molar-refractivity contribution in [2.75, 3.05) is 31.7 Å². The molecule has 0 aliphatic carbocycles. The molecule has 3 rings (SSSR count). The number of morpholine rings is 1. The fourth-order valence-corrected chi connectivity index (χ4v) is 3.57. The Kier molecular flexibility index (Phi) is 6.47. The summed E-state index contributed by atoms with van der Waals surface area (Å²) < 4.78 is 5.55. The zero-order chi connectivity index (χ0) is 20.1. The summed E-state index contributed by atoms with van der Waals surface area (Å²) in [4.78, 5) is 22.1. The van der Waals surface area contributed by atoms with Crippen molar-refractivity contribution in [2.24, 2.45) is 0 Å². The van der Waals surface area contributed by atoms with Crippen molar-refractivity contribution in [3.8, 4) is 0 Å². The highest BCUT2D eigenvalue weighted by molar-refractivity contribution is 5.98. The maximum absolute atomic E-state index is 13.3. The number of carbonyl (C=O) groups is 1. The summed E-state index contributed by atoms with van der Waals surface area (Å²) >= 11 is 0. The van der Waals surface area contributed by atoms with Gasteiger partial charge in [-0.3, -0.25) is 4.79 Å². The summed E-state index contributed by atoms with van der Waals surface area (Å²) in [5.41, 5.74) is 3.55. The Labute approximate surface area is 167 Å². The predicted octanol–water partition coefficient (Wildman–Crippen LogP) is 3.92. The van der Waals surface area contributed by atoms with Crippen LogP contribution in [0, 0.1) is 6.92 Å². The van der Waals surface area contributed by atoms with Gasteiger partial charge in [0.1, 0.15) is 5.82 Å². The van der Waals surface area contributed by atoms with Crippen molar-refractivity contribution >= 4 is 17.8 Å². The van der Waals surface area contributed by atoms with Crippen LogP contribution in [0.1, 0.15) is 41.0 Å². The average Bonchev–Trinajstić information content (AvgIpc) is 2.70. The molecule has 1 saturated heterocycles. The van der Waals surface area contributed by atoms with Gasteiger partial charge in [0.05, 0.1) is 24.8 Å². The van der Waals surface area contributed by atoms with Crippen molar-refractivity contribution in [3.63, 3.8) is 0 Å². The van der Waals surface area contributed by atoms with E-state index in [9.17, 15) is 4.79 Å². The third-order valence-corrected chi connectivity index (χ3v) is 5.07. The van der Waals surface area contributed by atoms with E-state index >= 15 is 0 Å². The molecule has 1 aliphatic heterocycles. The van der Waals surface area contributed by atoms with Crippen LogP contribution in [0.2, 0.25) is 0 Å². The van der Waals surface area contributed by atoms with Crippen molar-refractivity contribution in [3.05, 3.63) is 64.9 Å². The van der Waals surface area contributed by atoms with Crippen molar-refractivity contribution in [1.29, 1.82) is 0 Å². The van der Waals surface area contributed by atoms with Crippen LogP contribution in [-0.4, -0.2) is 48.6 Å². The molecule has 2 heterocycles. The number of rotatable bonds is 5. The van der Waals surface area contributed by atoms with E-state index < -0.39 is 0 Å². The minimum Gasteiger partial charge on any atom is -0.377 e. The molecule has 5 heteroatoms. The molecule has 148 valence electrons. The SMILES string of the molecule is C/C=C\c1c(C(=O)N(C)Cc2ccccc2)cc(N2CCOC[C@H]2C)nc1C. The Hall–Kier alpha value is -2.66. The van der Waals surface area contributed by atoms with Gasteiger partial charge in [-0.15, -0.1) is 0 Å². The standard InChI is InChI=1S/C23H29N3O2/c1-5-9-20-18(3)24-22(26-12-13-28-16-17(26)2)14-21(20)23(27)25(4)15-19-10-7-6-8-11-19/h5-11,14,17H,12-13,15-16H2,1-4H3/b9-5-/t17-/m1/s1. The molecule has 2 aromatic rings.